The van der Waals surface area contributed by atoms with E-state index in [1.54, 1.807) is 0 Å². The molecule has 1 saturated heterocycles. The van der Waals surface area contributed by atoms with Gasteiger partial charge in [-0.15, -0.1) is 22.0 Å². The number of thioether (sulfide) groups is 1. The Kier molecular flexibility index (Phi) is 5.14. The van der Waals surface area contributed by atoms with E-state index >= 15 is 0 Å². The first-order chi connectivity index (χ1) is 13.8. The summed E-state index contributed by atoms with van der Waals surface area (Å²) < 4.78 is 2.33. The van der Waals surface area contributed by atoms with Crippen LogP contribution >= 0.6 is 23.4 Å². The lowest BCUT2D eigenvalue weighted by molar-refractivity contribution is 0.210. The van der Waals surface area contributed by atoms with Crippen LogP contribution in [0.5, 0.6) is 0 Å². The lowest BCUT2D eigenvalue weighted by Crippen LogP contribution is -2.35. The number of halogens is 1. The minimum absolute atomic E-state index is 0.513. The molecular formula is C22H23ClN4S. The summed E-state index contributed by atoms with van der Waals surface area (Å²) in [6.07, 6.45) is 3.39. The molecule has 144 valence electrons. The second kappa shape index (κ2) is 7.90. The largest absolute Gasteiger partial charge is 0.303 e. The number of piperidine rings is 1. The summed E-state index contributed by atoms with van der Waals surface area (Å²) in [5.41, 5.74) is 2.58. The molecule has 4 nitrogen and oxygen atoms in total. The van der Waals surface area contributed by atoms with E-state index in [9.17, 15) is 0 Å². The van der Waals surface area contributed by atoms with Gasteiger partial charge >= 0.3 is 0 Å². The van der Waals surface area contributed by atoms with Crippen molar-refractivity contribution in [2.45, 2.75) is 36.0 Å². The van der Waals surface area contributed by atoms with Crippen LogP contribution in [-0.4, -0.2) is 39.3 Å². The summed E-state index contributed by atoms with van der Waals surface area (Å²) in [5.74, 6) is 3.65. The average Bonchev–Trinajstić information content (AvgIpc) is 3.18. The van der Waals surface area contributed by atoms with Crippen LogP contribution in [0, 0.1) is 0 Å². The standard InChI is InChI=1S/C22H23ClN4S/c23-18-7-5-16(6-8-18)9-12-26-13-10-17(11-14-26)21-24-25-22-19-3-1-2-4-20(19)28-15-27(21)22/h1-8,17H,9-15H2. The van der Waals surface area contributed by atoms with Gasteiger partial charge in [0.15, 0.2) is 5.82 Å². The van der Waals surface area contributed by atoms with Gasteiger partial charge in [0.2, 0.25) is 0 Å². The molecule has 28 heavy (non-hydrogen) atoms. The Labute approximate surface area is 174 Å². The van der Waals surface area contributed by atoms with Crippen LogP contribution < -0.4 is 0 Å². The van der Waals surface area contributed by atoms with Crippen LogP contribution in [0.25, 0.3) is 11.4 Å². The normalized spacial score (nSPS) is 17.3. The predicted octanol–water partition coefficient (Wildman–Crippen LogP) is 5.08. The molecule has 2 aromatic carbocycles. The number of nitrogens with zero attached hydrogens (tertiary/aromatic N) is 4. The molecule has 0 atom stereocenters. The second-order valence-electron chi connectivity index (χ2n) is 7.57. The van der Waals surface area contributed by atoms with E-state index in [-0.39, 0.29) is 0 Å². The van der Waals surface area contributed by atoms with Crippen LogP contribution in [0.15, 0.2) is 53.4 Å². The molecule has 0 spiro atoms. The fourth-order valence-corrected chi connectivity index (χ4v) is 5.35. The molecule has 0 aliphatic carbocycles. The lowest BCUT2D eigenvalue weighted by atomic mass is 9.95. The van der Waals surface area contributed by atoms with Gasteiger partial charge in [-0.2, -0.15) is 0 Å². The van der Waals surface area contributed by atoms with Crippen molar-refractivity contribution in [3.63, 3.8) is 0 Å². The summed E-state index contributed by atoms with van der Waals surface area (Å²) in [5, 5.41) is 9.97. The molecule has 0 unspecified atom stereocenters. The highest BCUT2D eigenvalue weighted by Crippen LogP contribution is 2.39. The molecule has 0 radical (unpaired) electrons. The lowest BCUT2D eigenvalue weighted by Gasteiger charge is -2.32. The Hall–Kier alpha value is -1.82. The molecule has 0 bridgehead atoms. The Bertz CT molecular complexity index is 961. The van der Waals surface area contributed by atoms with Crippen molar-refractivity contribution in [2.24, 2.45) is 0 Å². The van der Waals surface area contributed by atoms with Gasteiger partial charge in [0.05, 0.1) is 5.88 Å². The minimum Gasteiger partial charge on any atom is -0.303 e. The Balaban J connectivity index is 1.22. The number of benzene rings is 2. The molecule has 3 heterocycles. The maximum atomic E-state index is 5.98. The number of hydrogen-bond donors (Lipinski definition) is 0. The molecule has 0 amide bonds. The van der Waals surface area contributed by atoms with E-state index in [0.717, 1.165) is 55.6 Å². The molecule has 1 aromatic heterocycles. The van der Waals surface area contributed by atoms with Crippen LogP contribution in [-0.2, 0) is 12.3 Å². The SMILES string of the molecule is Clc1ccc(CCN2CCC(c3nnc4n3CSc3ccccc3-4)CC2)cc1. The summed E-state index contributed by atoms with van der Waals surface area (Å²) in [6, 6.07) is 16.7. The summed E-state index contributed by atoms with van der Waals surface area (Å²) in [7, 11) is 0. The van der Waals surface area contributed by atoms with E-state index in [1.165, 1.54) is 21.8 Å². The molecule has 1 fully saturated rings. The van der Waals surface area contributed by atoms with Gasteiger partial charge < -0.3 is 9.47 Å². The first kappa shape index (κ1) is 18.2. The fraction of sp³-hybridized carbons (Fsp3) is 0.364. The van der Waals surface area contributed by atoms with Gasteiger partial charge in [0.1, 0.15) is 5.82 Å². The third-order valence-electron chi connectivity index (χ3n) is 5.84. The number of likely N-dealkylation sites (tertiary alicyclic amines) is 1. The fourth-order valence-electron chi connectivity index (χ4n) is 4.21. The minimum atomic E-state index is 0.513. The summed E-state index contributed by atoms with van der Waals surface area (Å²) >= 11 is 7.86. The number of fused-ring (bicyclic) bond motifs is 3. The topological polar surface area (TPSA) is 34.0 Å². The van der Waals surface area contributed by atoms with Gasteiger partial charge in [-0.05, 0) is 56.1 Å². The smallest absolute Gasteiger partial charge is 0.165 e. The quantitative estimate of drug-likeness (QED) is 0.600. The number of aromatic nitrogens is 3. The molecule has 5 rings (SSSR count). The zero-order valence-electron chi connectivity index (χ0n) is 15.7. The van der Waals surface area contributed by atoms with Crippen molar-refractivity contribution in [1.82, 2.24) is 19.7 Å². The monoisotopic (exact) mass is 410 g/mol. The van der Waals surface area contributed by atoms with Gasteiger partial charge in [0.25, 0.3) is 0 Å². The summed E-state index contributed by atoms with van der Waals surface area (Å²) in [4.78, 5) is 3.88. The van der Waals surface area contributed by atoms with Crippen LogP contribution in [0.4, 0.5) is 0 Å². The Morgan fingerprint density at radius 2 is 1.79 bits per heavy atom. The molecule has 2 aliphatic rings. The second-order valence-corrected chi connectivity index (χ2v) is 8.99. The maximum absolute atomic E-state index is 5.98. The highest BCUT2D eigenvalue weighted by molar-refractivity contribution is 7.98. The molecular weight excluding hydrogens is 388 g/mol. The third-order valence-corrected chi connectivity index (χ3v) is 7.15. The Morgan fingerprint density at radius 1 is 1.00 bits per heavy atom. The number of hydrogen-bond acceptors (Lipinski definition) is 4. The van der Waals surface area contributed by atoms with Crippen LogP contribution in [0.2, 0.25) is 5.02 Å². The zero-order valence-corrected chi connectivity index (χ0v) is 17.3. The van der Waals surface area contributed by atoms with Crippen molar-refractivity contribution in [3.8, 4) is 11.4 Å². The molecule has 6 heteroatoms. The average molecular weight is 411 g/mol. The van der Waals surface area contributed by atoms with E-state index in [2.05, 4.69) is 56.1 Å². The molecule has 0 N–H and O–H groups in total. The van der Waals surface area contributed by atoms with Crippen molar-refractivity contribution >= 4 is 23.4 Å². The van der Waals surface area contributed by atoms with Gasteiger partial charge in [0, 0.05) is 27.9 Å². The predicted molar refractivity (Wildman–Crippen MR) is 115 cm³/mol. The van der Waals surface area contributed by atoms with Crippen molar-refractivity contribution in [3.05, 3.63) is 64.9 Å². The highest BCUT2D eigenvalue weighted by Gasteiger charge is 2.28. The Morgan fingerprint density at radius 3 is 2.61 bits per heavy atom. The van der Waals surface area contributed by atoms with E-state index in [4.69, 9.17) is 11.6 Å². The van der Waals surface area contributed by atoms with E-state index in [0.29, 0.717) is 5.92 Å². The first-order valence-corrected chi connectivity index (χ1v) is 11.3. The first-order valence-electron chi connectivity index (χ1n) is 9.90. The third kappa shape index (κ3) is 3.59. The van der Waals surface area contributed by atoms with Crippen molar-refractivity contribution in [2.75, 3.05) is 19.6 Å². The van der Waals surface area contributed by atoms with Crippen molar-refractivity contribution < 1.29 is 0 Å². The van der Waals surface area contributed by atoms with E-state index in [1.807, 2.05) is 23.9 Å². The number of rotatable bonds is 4. The maximum Gasteiger partial charge on any atom is 0.165 e. The van der Waals surface area contributed by atoms with Gasteiger partial charge in [-0.25, -0.2) is 0 Å². The van der Waals surface area contributed by atoms with Gasteiger partial charge in [-0.3, -0.25) is 0 Å². The summed E-state index contributed by atoms with van der Waals surface area (Å²) in [6.45, 7) is 3.36. The highest BCUT2D eigenvalue weighted by atomic mass is 35.5. The molecule has 2 aliphatic heterocycles. The van der Waals surface area contributed by atoms with Gasteiger partial charge in [-0.1, -0.05) is 41.9 Å². The van der Waals surface area contributed by atoms with E-state index < -0.39 is 0 Å². The molecule has 0 saturated carbocycles. The van der Waals surface area contributed by atoms with Crippen LogP contribution in [0.3, 0.4) is 0 Å². The van der Waals surface area contributed by atoms with Crippen molar-refractivity contribution in [1.29, 1.82) is 0 Å². The van der Waals surface area contributed by atoms with Crippen LogP contribution in [0.1, 0.15) is 30.1 Å². The molecule has 3 aromatic rings. The zero-order chi connectivity index (χ0) is 18.9.